The fraction of sp³-hybridized carbons (Fsp3) is 0.111. The number of para-hydroxylation sites is 1. The third kappa shape index (κ3) is 1.31. The molecule has 0 bridgehead atoms. The molecule has 0 aliphatic carbocycles. The van der Waals surface area contributed by atoms with Crippen molar-refractivity contribution < 1.29 is 4.79 Å². The third-order valence-corrected chi connectivity index (χ3v) is 2.06. The van der Waals surface area contributed by atoms with Gasteiger partial charge in [0.2, 0.25) is 0 Å². The molecule has 0 saturated carbocycles. The molecule has 13 heavy (non-hydrogen) atoms. The van der Waals surface area contributed by atoms with Crippen LogP contribution in [0.5, 0.6) is 0 Å². The highest BCUT2D eigenvalue weighted by atomic mass is 35.5. The zero-order valence-corrected chi connectivity index (χ0v) is 7.53. The van der Waals surface area contributed by atoms with Crippen LogP contribution in [0.2, 0.25) is 0 Å². The Morgan fingerprint density at radius 3 is 3.00 bits per heavy atom. The fourth-order valence-corrected chi connectivity index (χ4v) is 1.34. The molecule has 0 N–H and O–H groups in total. The largest absolute Gasteiger partial charge is 0.271 e. The van der Waals surface area contributed by atoms with E-state index in [1.54, 1.807) is 6.20 Å². The van der Waals surface area contributed by atoms with Gasteiger partial charge in [0.1, 0.15) is 5.88 Å². The molecular formula is C9H7ClN2O. The number of nitrogens with zero attached hydrogens (tertiary/aromatic N) is 2. The Balaban J connectivity index is 2.64. The first-order valence-electron chi connectivity index (χ1n) is 3.85. The minimum Gasteiger partial charge on any atom is -0.271 e. The first-order chi connectivity index (χ1) is 6.33. The van der Waals surface area contributed by atoms with Crippen molar-refractivity contribution in [1.29, 1.82) is 0 Å². The van der Waals surface area contributed by atoms with Crippen LogP contribution in [0, 0.1) is 0 Å². The van der Waals surface area contributed by atoms with Crippen molar-refractivity contribution in [3.05, 3.63) is 30.5 Å². The van der Waals surface area contributed by atoms with E-state index < -0.39 is 0 Å². The quantitative estimate of drug-likeness (QED) is 0.650. The number of halogens is 1. The van der Waals surface area contributed by atoms with E-state index in [-0.39, 0.29) is 11.8 Å². The summed E-state index contributed by atoms with van der Waals surface area (Å²) in [4.78, 5) is 11.3. The van der Waals surface area contributed by atoms with Crippen LogP contribution in [0.15, 0.2) is 30.5 Å². The smallest absolute Gasteiger partial charge is 0.262 e. The summed E-state index contributed by atoms with van der Waals surface area (Å²) in [7, 11) is 0. The molecule has 0 aliphatic rings. The van der Waals surface area contributed by atoms with Crippen molar-refractivity contribution in [2.24, 2.45) is 0 Å². The van der Waals surface area contributed by atoms with Crippen LogP contribution in [0.4, 0.5) is 0 Å². The van der Waals surface area contributed by atoms with E-state index in [1.165, 1.54) is 4.68 Å². The van der Waals surface area contributed by atoms with E-state index >= 15 is 0 Å². The highest BCUT2D eigenvalue weighted by Crippen LogP contribution is 2.12. The van der Waals surface area contributed by atoms with Gasteiger partial charge in [-0.2, -0.15) is 9.78 Å². The van der Waals surface area contributed by atoms with Gasteiger partial charge in [-0.15, -0.1) is 11.6 Å². The molecule has 0 radical (unpaired) electrons. The van der Waals surface area contributed by atoms with Gasteiger partial charge in [0.05, 0.1) is 11.7 Å². The van der Waals surface area contributed by atoms with Gasteiger partial charge >= 0.3 is 0 Å². The van der Waals surface area contributed by atoms with Crippen LogP contribution in [0.25, 0.3) is 10.9 Å². The summed E-state index contributed by atoms with van der Waals surface area (Å²) < 4.78 is 1.32. The highest BCUT2D eigenvalue weighted by Gasteiger charge is 2.07. The van der Waals surface area contributed by atoms with Crippen molar-refractivity contribution in [3.63, 3.8) is 0 Å². The topological polar surface area (TPSA) is 34.9 Å². The number of carbonyl (C=O) groups is 1. The lowest BCUT2D eigenvalue weighted by Crippen LogP contribution is -2.12. The summed E-state index contributed by atoms with van der Waals surface area (Å²) in [6.45, 7) is 0. The van der Waals surface area contributed by atoms with Crippen LogP contribution < -0.4 is 0 Å². The van der Waals surface area contributed by atoms with E-state index in [4.69, 9.17) is 11.6 Å². The van der Waals surface area contributed by atoms with Crippen molar-refractivity contribution >= 4 is 28.4 Å². The van der Waals surface area contributed by atoms with E-state index in [1.807, 2.05) is 24.3 Å². The second-order valence-corrected chi connectivity index (χ2v) is 2.91. The average molecular weight is 195 g/mol. The first kappa shape index (κ1) is 8.26. The van der Waals surface area contributed by atoms with Gasteiger partial charge in [-0.05, 0) is 6.07 Å². The maximum Gasteiger partial charge on any atom is 0.262 e. The monoisotopic (exact) mass is 194 g/mol. The Hall–Kier alpha value is -1.35. The molecule has 0 unspecified atom stereocenters. The summed E-state index contributed by atoms with van der Waals surface area (Å²) in [5.41, 5.74) is 0.799. The number of hydrogen-bond donors (Lipinski definition) is 0. The second-order valence-electron chi connectivity index (χ2n) is 2.64. The van der Waals surface area contributed by atoms with Gasteiger partial charge in [0.25, 0.3) is 5.91 Å². The standard InChI is InChI=1S/C9H7ClN2O/c10-5-9(13)12-8-4-2-1-3-7(8)6-11-12/h1-4,6H,5H2. The predicted octanol–water partition coefficient (Wildman–Crippen LogP) is 1.92. The lowest BCUT2D eigenvalue weighted by Gasteiger charge is -1.96. The summed E-state index contributed by atoms with van der Waals surface area (Å²) in [5.74, 6) is -0.256. The van der Waals surface area contributed by atoms with Crippen LogP contribution in [0.3, 0.4) is 0 Å². The zero-order chi connectivity index (χ0) is 9.26. The summed E-state index contributed by atoms with van der Waals surface area (Å²) in [5, 5.41) is 4.89. The lowest BCUT2D eigenvalue weighted by molar-refractivity contribution is 0.0930. The molecule has 66 valence electrons. The Morgan fingerprint density at radius 1 is 1.46 bits per heavy atom. The maximum absolute atomic E-state index is 11.3. The van der Waals surface area contributed by atoms with E-state index in [0.29, 0.717) is 0 Å². The first-order valence-corrected chi connectivity index (χ1v) is 4.38. The molecule has 0 fully saturated rings. The molecular weight excluding hydrogens is 188 g/mol. The SMILES string of the molecule is O=C(CCl)n1ncc2ccccc21. The Labute approximate surface area is 79.9 Å². The van der Waals surface area contributed by atoms with Crippen molar-refractivity contribution in [2.45, 2.75) is 0 Å². The second kappa shape index (κ2) is 3.18. The average Bonchev–Trinajstić information content (AvgIpc) is 2.60. The van der Waals surface area contributed by atoms with Crippen LogP contribution >= 0.6 is 11.6 Å². The van der Waals surface area contributed by atoms with Crippen molar-refractivity contribution in [3.8, 4) is 0 Å². The van der Waals surface area contributed by atoms with Crippen molar-refractivity contribution in [1.82, 2.24) is 9.78 Å². The minimum atomic E-state index is -0.206. The molecule has 1 aromatic carbocycles. The van der Waals surface area contributed by atoms with Gasteiger partial charge in [0, 0.05) is 5.39 Å². The molecule has 0 amide bonds. The minimum absolute atomic E-state index is 0.0499. The van der Waals surface area contributed by atoms with E-state index in [0.717, 1.165) is 10.9 Å². The summed E-state index contributed by atoms with van der Waals surface area (Å²) in [6.07, 6.45) is 1.65. The Morgan fingerprint density at radius 2 is 2.23 bits per heavy atom. The number of alkyl halides is 1. The molecule has 2 rings (SSSR count). The van der Waals surface area contributed by atoms with Gasteiger partial charge in [-0.3, -0.25) is 4.79 Å². The number of benzene rings is 1. The Bertz CT molecular complexity index is 450. The molecule has 3 nitrogen and oxygen atoms in total. The van der Waals surface area contributed by atoms with Crippen LogP contribution in [-0.2, 0) is 0 Å². The molecule has 1 aromatic heterocycles. The van der Waals surface area contributed by atoms with Crippen molar-refractivity contribution in [2.75, 3.05) is 5.88 Å². The van der Waals surface area contributed by atoms with Crippen LogP contribution in [-0.4, -0.2) is 21.6 Å². The summed E-state index contributed by atoms with van der Waals surface area (Å²) in [6, 6.07) is 7.51. The molecule has 0 aliphatic heterocycles. The van der Waals surface area contributed by atoms with Gasteiger partial charge < -0.3 is 0 Å². The highest BCUT2D eigenvalue weighted by molar-refractivity contribution is 6.27. The van der Waals surface area contributed by atoms with E-state index in [2.05, 4.69) is 5.10 Å². The number of hydrogen-bond acceptors (Lipinski definition) is 2. The molecule has 1 heterocycles. The van der Waals surface area contributed by atoms with E-state index in [9.17, 15) is 4.79 Å². The number of carbonyl (C=O) groups excluding carboxylic acids is 1. The van der Waals surface area contributed by atoms with Gasteiger partial charge in [-0.25, -0.2) is 0 Å². The Kier molecular flexibility index (Phi) is 2.02. The van der Waals surface area contributed by atoms with Crippen LogP contribution in [0.1, 0.15) is 4.79 Å². The maximum atomic E-state index is 11.3. The molecule has 4 heteroatoms. The van der Waals surface area contributed by atoms with Gasteiger partial charge in [0.15, 0.2) is 0 Å². The molecule has 0 atom stereocenters. The number of fused-ring (bicyclic) bond motifs is 1. The third-order valence-electron chi connectivity index (χ3n) is 1.83. The molecule has 0 saturated heterocycles. The zero-order valence-electron chi connectivity index (χ0n) is 6.77. The number of aromatic nitrogens is 2. The van der Waals surface area contributed by atoms with Gasteiger partial charge in [-0.1, -0.05) is 18.2 Å². The summed E-state index contributed by atoms with van der Waals surface area (Å²) >= 11 is 5.43. The molecule has 2 aromatic rings. The predicted molar refractivity (Wildman–Crippen MR) is 51.1 cm³/mol. The number of rotatable bonds is 1. The molecule has 0 spiro atoms. The lowest BCUT2D eigenvalue weighted by atomic mass is 10.3. The normalized spacial score (nSPS) is 10.5. The fourth-order valence-electron chi connectivity index (χ4n) is 1.23.